The van der Waals surface area contributed by atoms with Gasteiger partial charge >= 0.3 is 5.97 Å². The molecule has 1 rings (SSSR count). The Morgan fingerprint density at radius 1 is 1.55 bits per heavy atom. The van der Waals surface area contributed by atoms with Gasteiger partial charge in [0.1, 0.15) is 6.61 Å². The first-order valence-corrected chi connectivity index (χ1v) is 7.30. The average Bonchev–Trinajstić information content (AvgIpc) is 2.48. The minimum atomic E-state index is -0.746. The van der Waals surface area contributed by atoms with E-state index in [1.165, 1.54) is 13.0 Å². The fraction of sp³-hybridized carbons (Fsp3) is 0.529. The van der Waals surface area contributed by atoms with Gasteiger partial charge in [0.2, 0.25) is 0 Å². The van der Waals surface area contributed by atoms with E-state index in [2.05, 4.69) is 6.58 Å². The van der Waals surface area contributed by atoms with Crippen molar-refractivity contribution in [1.82, 2.24) is 0 Å². The lowest BCUT2D eigenvalue weighted by Crippen LogP contribution is -2.28. The monoisotopic (exact) mass is 308 g/mol. The Hall–Kier alpha value is -1.72. The van der Waals surface area contributed by atoms with Gasteiger partial charge in [0, 0.05) is 17.9 Å². The highest BCUT2D eigenvalue weighted by Gasteiger charge is 2.28. The maximum atomic E-state index is 12.1. The van der Waals surface area contributed by atoms with Crippen LogP contribution in [-0.4, -0.2) is 41.3 Å². The van der Waals surface area contributed by atoms with Gasteiger partial charge in [-0.1, -0.05) is 25.7 Å². The van der Waals surface area contributed by atoms with Crippen LogP contribution in [-0.2, 0) is 14.3 Å². The third-order valence-electron chi connectivity index (χ3n) is 3.72. The molecule has 0 aromatic heterocycles. The van der Waals surface area contributed by atoms with Gasteiger partial charge in [-0.05, 0) is 30.9 Å². The van der Waals surface area contributed by atoms with Gasteiger partial charge in [-0.3, -0.25) is 9.59 Å². The molecule has 2 N–H and O–H groups in total. The Morgan fingerprint density at radius 2 is 2.23 bits per heavy atom. The maximum Gasteiger partial charge on any atom is 0.302 e. The number of ketones is 1. The molecule has 0 saturated heterocycles. The number of rotatable bonds is 3. The summed E-state index contributed by atoms with van der Waals surface area (Å²) >= 11 is 0. The van der Waals surface area contributed by atoms with Crippen molar-refractivity contribution >= 4 is 11.8 Å². The highest BCUT2D eigenvalue weighted by atomic mass is 16.5. The molecule has 5 nitrogen and oxygen atoms in total. The third kappa shape index (κ3) is 5.58. The zero-order chi connectivity index (χ0) is 16.8. The van der Waals surface area contributed by atoms with E-state index in [-0.39, 0.29) is 19.0 Å². The van der Waals surface area contributed by atoms with Crippen molar-refractivity contribution in [1.29, 1.82) is 0 Å². The SMILES string of the molecule is C=C1CC/C=C(/CO)C(=O)C=CC(C)(COC(C)=O)CC1O. The standard InChI is InChI=1S/C17H24O5/c1-12-5-4-6-14(10-18)15(20)7-8-17(3,9-16(12)21)11-22-13(2)19/h6-8,16,18,21H,1,4-5,9-11H2,2-3H3/b8-7?,14-6-. The first-order chi connectivity index (χ1) is 10.3. The fourth-order valence-electron chi connectivity index (χ4n) is 2.25. The van der Waals surface area contributed by atoms with Crippen LogP contribution in [0.15, 0.2) is 36.0 Å². The predicted octanol–water partition coefficient (Wildman–Crippen LogP) is 1.70. The molecule has 0 aromatic carbocycles. The summed E-state index contributed by atoms with van der Waals surface area (Å²) in [6.07, 6.45) is 5.28. The van der Waals surface area contributed by atoms with Gasteiger partial charge in [-0.25, -0.2) is 0 Å². The van der Waals surface area contributed by atoms with Crippen LogP contribution in [0.1, 0.15) is 33.1 Å². The molecule has 0 radical (unpaired) electrons. The molecule has 22 heavy (non-hydrogen) atoms. The van der Waals surface area contributed by atoms with Gasteiger partial charge in [0.05, 0.1) is 12.7 Å². The molecule has 0 saturated carbocycles. The molecule has 2 atom stereocenters. The van der Waals surface area contributed by atoms with Crippen molar-refractivity contribution < 1.29 is 24.5 Å². The van der Waals surface area contributed by atoms with E-state index in [9.17, 15) is 19.8 Å². The van der Waals surface area contributed by atoms with E-state index in [0.29, 0.717) is 30.4 Å². The Morgan fingerprint density at radius 3 is 2.82 bits per heavy atom. The van der Waals surface area contributed by atoms with Crippen molar-refractivity contribution in [2.75, 3.05) is 13.2 Å². The fourth-order valence-corrected chi connectivity index (χ4v) is 2.25. The van der Waals surface area contributed by atoms with Gasteiger partial charge < -0.3 is 14.9 Å². The van der Waals surface area contributed by atoms with Gasteiger partial charge in [-0.15, -0.1) is 0 Å². The molecule has 0 fully saturated rings. The molecule has 0 amide bonds. The van der Waals surface area contributed by atoms with Crippen LogP contribution in [0.2, 0.25) is 0 Å². The van der Waals surface area contributed by atoms with Crippen molar-refractivity contribution in [3.63, 3.8) is 0 Å². The lowest BCUT2D eigenvalue weighted by atomic mass is 9.82. The molecule has 0 bridgehead atoms. The minimum Gasteiger partial charge on any atom is -0.465 e. The number of hydrogen-bond donors (Lipinski definition) is 2. The summed E-state index contributed by atoms with van der Waals surface area (Å²) in [6, 6.07) is 0. The number of carbonyl (C=O) groups is 2. The Balaban J connectivity index is 3.07. The van der Waals surface area contributed by atoms with Crippen LogP contribution in [0.4, 0.5) is 0 Å². The van der Waals surface area contributed by atoms with Crippen molar-refractivity contribution in [2.45, 2.75) is 39.2 Å². The molecule has 0 aliphatic heterocycles. The van der Waals surface area contributed by atoms with Gasteiger partial charge in [0.25, 0.3) is 0 Å². The molecule has 0 aromatic rings. The quantitative estimate of drug-likeness (QED) is 0.612. The zero-order valence-corrected chi connectivity index (χ0v) is 13.2. The Bertz CT molecular complexity index is 503. The summed E-state index contributed by atoms with van der Waals surface area (Å²) in [4.78, 5) is 23.1. The summed E-state index contributed by atoms with van der Waals surface area (Å²) < 4.78 is 5.05. The second-order valence-corrected chi connectivity index (χ2v) is 5.94. The molecule has 5 heteroatoms. The number of aliphatic hydroxyl groups excluding tert-OH is 2. The summed E-state index contributed by atoms with van der Waals surface area (Å²) in [5, 5.41) is 19.5. The smallest absolute Gasteiger partial charge is 0.302 e. The lowest BCUT2D eigenvalue weighted by molar-refractivity contribution is -0.143. The first kappa shape index (κ1) is 18.3. The molecule has 1 aliphatic rings. The lowest BCUT2D eigenvalue weighted by Gasteiger charge is -2.28. The minimum absolute atomic E-state index is 0.0641. The number of esters is 1. The Labute approximate surface area is 131 Å². The van der Waals surface area contributed by atoms with Crippen LogP contribution in [0.25, 0.3) is 0 Å². The van der Waals surface area contributed by atoms with Gasteiger partial charge in [-0.2, -0.15) is 0 Å². The number of aliphatic hydroxyl groups is 2. The number of carbonyl (C=O) groups excluding carboxylic acids is 2. The number of ether oxygens (including phenoxy) is 1. The molecule has 0 heterocycles. The van der Waals surface area contributed by atoms with Crippen LogP contribution in [0.5, 0.6) is 0 Å². The van der Waals surface area contributed by atoms with E-state index < -0.39 is 17.5 Å². The van der Waals surface area contributed by atoms with E-state index in [4.69, 9.17) is 4.74 Å². The first-order valence-electron chi connectivity index (χ1n) is 7.30. The van der Waals surface area contributed by atoms with Crippen LogP contribution in [0.3, 0.4) is 0 Å². The number of allylic oxidation sites excluding steroid dienone is 2. The molecule has 122 valence electrons. The molecule has 0 spiro atoms. The largest absolute Gasteiger partial charge is 0.465 e. The van der Waals surface area contributed by atoms with E-state index in [1.54, 1.807) is 19.1 Å². The summed E-state index contributed by atoms with van der Waals surface area (Å²) in [7, 11) is 0. The van der Waals surface area contributed by atoms with E-state index in [1.807, 2.05) is 0 Å². The third-order valence-corrected chi connectivity index (χ3v) is 3.72. The summed E-state index contributed by atoms with van der Waals surface area (Å²) in [6.45, 7) is 6.71. The highest BCUT2D eigenvalue weighted by molar-refractivity contribution is 6.04. The van der Waals surface area contributed by atoms with E-state index >= 15 is 0 Å². The van der Waals surface area contributed by atoms with E-state index in [0.717, 1.165) is 0 Å². The maximum absolute atomic E-state index is 12.1. The predicted molar refractivity (Wildman–Crippen MR) is 83.1 cm³/mol. The highest BCUT2D eigenvalue weighted by Crippen LogP contribution is 2.30. The molecular weight excluding hydrogens is 284 g/mol. The second kappa shape index (κ2) is 8.06. The van der Waals surface area contributed by atoms with Crippen molar-refractivity contribution in [3.05, 3.63) is 36.0 Å². The van der Waals surface area contributed by atoms with Crippen LogP contribution in [0, 0.1) is 5.41 Å². The van der Waals surface area contributed by atoms with Crippen LogP contribution < -0.4 is 0 Å². The molecular formula is C17H24O5. The van der Waals surface area contributed by atoms with Crippen molar-refractivity contribution in [3.8, 4) is 0 Å². The summed E-state index contributed by atoms with van der Waals surface area (Å²) in [5.74, 6) is -0.696. The second-order valence-electron chi connectivity index (χ2n) is 5.94. The normalized spacial score (nSPS) is 29.5. The topological polar surface area (TPSA) is 83.8 Å². The van der Waals surface area contributed by atoms with Crippen LogP contribution >= 0.6 is 0 Å². The zero-order valence-electron chi connectivity index (χ0n) is 13.2. The average molecular weight is 308 g/mol. The number of hydrogen-bond acceptors (Lipinski definition) is 5. The Kier molecular flexibility index (Phi) is 6.71. The summed E-state index contributed by atoms with van der Waals surface area (Å²) in [5.41, 5.74) is 0.287. The molecule has 2 unspecified atom stereocenters. The van der Waals surface area contributed by atoms with Crippen molar-refractivity contribution in [2.24, 2.45) is 5.41 Å². The molecule has 1 aliphatic carbocycles. The van der Waals surface area contributed by atoms with Gasteiger partial charge in [0.15, 0.2) is 5.78 Å².